The van der Waals surface area contributed by atoms with Gasteiger partial charge in [0.15, 0.2) is 0 Å². The topological polar surface area (TPSA) is 57.6 Å². The molecular formula is C12H23NO3S. The fourth-order valence-corrected chi connectivity index (χ4v) is 5.51. The van der Waals surface area contributed by atoms with Gasteiger partial charge in [-0.05, 0) is 39.5 Å². The molecule has 4 nitrogen and oxygen atoms in total. The average Bonchev–Trinajstić information content (AvgIpc) is 2.75. The Kier molecular flexibility index (Phi) is 3.54. The van der Waals surface area contributed by atoms with Crippen LogP contribution in [-0.2, 0) is 10.0 Å². The van der Waals surface area contributed by atoms with Crippen LogP contribution in [0.5, 0.6) is 0 Å². The highest BCUT2D eigenvalue weighted by Crippen LogP contribution is 2.35. The minimum Gasteiger partial charge on any atom is -0.391 e. The Balaban J connectivity index is 2.25. The number of hydrogen-bond acceptors (Lipinski definition) is 3. The molecule has 2 aliphatic rings. The summed E-state index contributed by atoms with van der Waals surface area (Å²) in [7, 11) is -3.23. The first-order chi connectivity index (χ1) is 7.87. The van der Waals surface area contributed by atoms with E-state index in [1.165, 1.54) is 0 Å². The number of piperidine rings is 1. The van der Waals surface area contributed by atoms with Crippen molar-refractivity contribution < 1.29 is 13.5 Å². The molecule has 0 aromatic heterocycles. The molecule has 1 saturated carbocycles. The molecule has 2 fully saturated rings. The SMILES string of the molecule is CC1(C)C(O)CCCN1S(=O)(=O)C1CCCC1. The van der Waals surface area contributed by atoms with Crippen molar-refractivity contribution in [2.45, 2.75) is 69.3 Å². The average molecular weight is 261 g/mol. The van der Waals surface area contributed by atoms with Crippen LogP contribution in [0.15, 0.2) is 0 Å². The number of sulfonamides is 1. The third-order valence-electron chi connectivity index (χ3n) is 4.33. The van der Waals surface area contributed by atoms with E-state index in [9.17, 15) is 13.5 Å². The maximum absolute atomic E-state index is 12.6. The minimum absolute atomic E-state index is 0.216. The molecule has 1 unspecified atom stereocenters. The molecule has 0 aromatic rings. The monoisotopic (exact) mass is 261 g/mol. The van der Waals surface area contributed by atoms with Crippen molar-refractivity contribution in [2.75, 3.05) is 6.54 Å². The zero-order valence-electron chi connectivity index (χ0n) is 10.7. The van der Waals surface area contributed by atoms with E-state index >= 15 is 0 Å². The van der Waals surface area contributed by atoms with Gasteiger partial charge < -0.3 is 5.11 Å². The molecule has 0 spiro atoms. The molecular weight excluding hydrogens is 238 g/mol. The van der Waals surface area contributed by atoms with Crippen molar-refractivity contribution in [1.29, 1.82) is 0 Å². The van der Waals surface area contributed by atoms with E-state index in [-0.39, 0.29) is 5.25 Å². The third kappa shape index (κ3) is 2.25. The van der Waals surface area contributed by atoms with E-state index in [1.807, 2.05) is 13.8 Å². The minimum atomic E-state index is -3.23. The Hall–Kier alpha value is -0.130. The van der Waals surface area contributed by atoms with Crippen molar-refractivity contribution in [3.63, 3.8) is 0 Å². The molecule has 0 aromatic carbocycles. The van der Waals surface area contributed by atoms with Crippen LogP contribution >= 0.6 is 0 Å². The second-order valence-electron chi connectivity index (χ2n) is 5.84. The number of hydrogen-bond donors (Lipinski definition) is 1. The highest BCUT2D eigenvalue weighted by Gasteiger charge is 2.46. The predicted octanol–water partition coefficient (Wildman–Crippen LogP) is 1.49. The quantitative estimate of drug-likeness (QED) is 0.819. The van der Waals surface area contributed by atoms with E-state index in [1.54, 1.807) is 4.31 Å². The summed E-state index contributed by atoms with van der Waals surface area (Å²) in [6.07, 6.45) is 4.50. The van der Waals surface area contributed by atoms with E-state index in [4.69, 9.17) is 0 Å². The Morgan fingerprint density at radius 2 is 1.71 bits per heavy atom. The van der Waals surface area contributed by atoms with Crippen LogP contribution in [0.25, 0.3) is 0 Å². The molecule has 1 heterocycles. The molecule has 0 bridgehead atoms. The summed E-state index contributed by atoms with van der Waals surface area (Å²) < 4.78 is 26.7. The Morgan fingerprint density at radius 1 is 1.12 bits per heavy atom. The van der Waals surface area contributed by atoms with Crippen LogP contribution in [0.2, 0.25) is 0 Å². The summed E-state index contributed by atoms with van der Waals surface area (Å²) >= 11 is 0. The van der Waals surface area contributed by atoms with Crippen LogP contribution in [0.3, 0.4) is 0 Å². The van der Waals surface area contributed by atoms with Crippen molar-refractivity contribution in [3.05, 3.63) is 0 Å². The zero-order chi connectivity index (χ0) is 12.7. The number of aliphatic hydroxyl groups excluding tert-OH is 1. The first-order valence-corrected chi connectivity index (χ1v) is 8.07. The van der Waals surface area contributed by atoms with E-state index in [2.05, 4.69) is 0 Å². The van der Waals surface area contributed by atoms with Gasteiger partial charge in [0.2, 0.25) is 10.0 Å². The molecule has 1 N–H and O–H groups in total. The van der Waals surface area contributed by atoms with Gasteiger partial charge in [0, 0.05) is 6.54 Å². The van der Waals surface area contributed by atoms with Gasteiger partial charge >= 0.3 is 0 Å². The Morgan fingerprint density at radius 3 is 2.29 bits per heavy atom. The van der Waals surface area contributed by atoms with Crippen LogP contribution < -0.4 is 0 Å². The lowest BCUT2D eigenvalue weighted by Gasteiger charge is -2.45. The Bertz CT molecular complexity index is 371. The highest BCUT2D eigenvalue weighted by molar-refractivity contribution is 7.89. The van der Waals surface area contributed by atoms with Gasteiger partial charge in [-0.2, -0.15) is 4.31 Å². The van der Waals surface area contributed by atoms with Gasteiger partial charge in [0.1, 0.15) is 0 Å². The molecule has 0 amide bonds. The molecule has 1 aliphatic heterocycles. The van der Waals surface area contributed by atoms with Gasteiger partial charge in [-0.1, -0.05) is 12.8 Å². The second kappa shape index (κ2) is 4.52. The van der Waals surface area contributed by atoms with Gasteiger partial charge in [-0.25, -0.2) is 8.42 Å². The van der Waals surface area contributed by atoms with Gasteiger partial charge in [-0.15, -0.1) is 0 Å². The molecule has 1 aliphatic carbocycles. The maximum atomic E-state index is 12.6. The molecule has 1 saturated heterocycles. The lowest BCUT2D eigenvalue weighted by Crippen LogP contribution is -2.59. The first-order valence-electron chi connectivity index (χ1n) is 6.56. The fourth-order valence-electron chi connectivity index (χ4n) is 3.06. The summed E-state index contributed by atoms with van der Waals surface area (Å²) in [5, 5.41) is 9.79. The van der Waals surface area contributed by atoms with Crippen LogP contribution in [0.1, 0.15) is 52.4 Å². The van der Waals surface area contributed by atoms with E-state index in [0.29, 0.717) is 13.0 Å². The van der Waals surface area contributed by atoms with E-state index in [0.717, 1.165) is 32.1 Å². The van der Waals surface area contributed by atoms with Crippen LogP contribution in [0.4, 0.5) is 0 Å². The number of rotatable bonds is 2. The molecule has 100 valence electrons. The third-order valence-corrected chi connectivity index (χ3v) is 6.91. The number of aliphatic hydroxyl groups is 1. The Labute approximate surface area is 104 Å². The summed E-state index contributed by atoms with van der Waals surface area (Å²) in [5.74, 6) is 0. The van der Waals surface area contributed by atoms with Gasteiger partial charge in [0.05, 0.1) is 16.9 Å². The van der Waals surface area contributed by atoms with Gasteiger partial charge in [0.25, 0.3) is 0 Å². The fraction of sp³-hybridized carbons (Fsp3) is 1.00. The molecule has 1 atom stereocenters. The highest BCUT2D eigenvalue weighted by atomic mass is 32.2. The standard InChI is InChI=1S/C12H23NO3S/c1-12(2)11(14)8-5-9-13(12)17(15,16)10-6-3-4-7-10/h10-11,14H,3-9H2,1-2H3. The van der Waals surface area contributed by atoms with E-state index < -0.39 is 21.7 Å². The summed E-state index contributed by atoms with van der Waals surface area (Å²) in [4.78, 5) is 0. The van der Waals surface area contributed by atoms with Gasteiger partial charge in [-0.3, -0.25) is 0 Å². The van der Waals surface area contributed by atoms with Crippen LogP contribution in [0, 0.1) is 0 Å². The van der Waals surface area contributed by atoms with Crippen molar-refractivity contribution >= 4 is 10.0 Å². The summed E-state index contributed by atoms with van der Waals surface area (Å²) in [5.41, 5.74) is -0.653. The normalized spacial score (nSPS) is 31.8. The molecule has 0 radical (unpaired) electrons. The second-order valence-corrected chi connectivity index (χ2v) is 7.97. The number of nitrogens with zero attached hydrogens (tertiary/aromatic N) is 1. The summed E-state index contributed by atoms with van der Waals surface area (Å²) in [6, 6.07) is 0. The smallest absolute Gasteiger partial charge is 0.217 e. The first kappa shape index (κ1) is 13.3. The zero-order valence-corrected chi connectivity index (χ0v) is 11.5. The summed E-state index contributed by atoms with van der Waals surface area (Å²) in [6.45, 7) is 4.23. The molecule has 2 rings (SSSR count). The lowest BCUT2D eigenvalue weighted by molar-refractivity contribution is -0.000229. The predicted molar refractivity (Wildman–Crippen MR) is 67.2 cm³/mol. The van der Waals surface area contributed by atoms with Crippen LogP contribution in [-0.4, -0.2) is 41.3 Å². The molecule has 17 heavy (non-hydrogen) atoms. The van der Waals surface area contributed by atoms with Crippen molar-refractivity contribution in [2.24, 2.45) is 0 Å². The largest absolute Gasteiger partial charge is 0.391 e. The maximum Gasteiger partial charge on any atom is 0.217 e. The van der Waals surface area contributed by atoms with Crippen molar-refractivity contribution in [3.8, 4) is 0 Å². The molecule has 5 heteroatoms. The van der Waals surface area contributed by atoms with Crippen molar-refractivity contribution in [1.82, 2.24) is 4.31 Å². The lowest BCUT2D eigenvalue weighted by atomic mass is 9.90.